The van der Waals surface area contributed by atoms with Crippen LogP contribution in [0.1, 0.15) is 0 Å². The van der Waals surface area contributed by atoms with Crippen LogP contribution in [0.25, 0.3) is 21.9 Å². The van der Waals surface area contributed by atoms with Gasteiger partial charge in [-0.2, -0.15) is 0 Å². The minimum Gasteiger partial charge on any atom is -0.0830 e. The van der Waals surface area contributed by atoms with Crippen LogP contribution in [-0.4, -0.2) is 0 Å². The van der Waals surface area contributed by atoms with Crippen molar-refractivity contribution in [3.63, 3.8) is 0 Å². The third-order valence-electron chi connectivity index (χ3n) is 2.89. The molecule has 0 aliphatic heterocycles. The second-order valence-corrected chi connectivity index (χ2v) is 4.30. The molecular formula is C16H10Cl. The van der Waals surface area contributed by atoms with Gasteiger partial charge in [-0.25, -0.2) is 0 Å². The largest absolute Gasteiger partial charge is 0.0830 e. The lowest BCUT2D eigenvalue weighted by molar-refractivity contribution is 1.64. The molecule has 3 aromatic rings. The standard InChI is InChI=1S/C16H10Cl/c17-16-11-4-3-9-15(16)14-10-5-7-12-6-1-2-8-13(12)14/h1-10H. The molecule has 1 radical (unpaired) electrons. The van der Waals surface area contributed by atoms with E-state index in [4.69, 9.17) is 11.6 Å². The Bertz CT molecular complexity index is 666. The van der Waals surface area contributed by atoms with E-state index in [1.165, 1.54) is 10.8 Å². The van der Waals surface area contributed by atoms with E-state index in [0.717, 1.165) is 11.1 Å². The predicted octanol–water partition coefficient (Wildman–Crippen LogP) is 4.96. The SMILES string of the molecule is Clc1[c]cccc1-c1cccc2ccccc12. The first-order chi connectivity index (χ1) is 8.36. The van der Waals surface area contributed by atoms with Gasteiger partial charge in [0.15, 0.2) is 0 Å². The molecule has 0 nitrogen and oxygen atoms in total. The second-order valence-electron chi connectivity index (χ2n) is 3.92. The van der Waals surface area contributed by atoms with Crippen LogP contribution in [0.5, 0.6) is 0 Å². The van der Waals surface area contributed by atoms with Gasteiger partial charge in [0, 0.05) is 11.6 Å². The molecule has 0 amide bonds. The highest BCUT2D eigenvalue weighted by molar-refractivity contribution is 6.33. The fraction of sp³-hybridized carbons (Fsp3) is 0. The summed E-state index contributed by atoms with van der Waals surface area (Å²) in [6.07, 6.45) is 0. The number of fused-ring (bicyclic) bond motifs is 1. The van der Waals surface area contributed by atoms with E-state index in [1.54, 1.807) is 0 Å². The molecular weight excluding hydrogens is 228 g/mol. The normalized spacial score (nSPS) is 10.6. The lowest BCUT2D eigenvalue weighted by Gasteiger charge is -2.08. The molecule has 0 aliphatic rings. The zero-order valence-corrected chi connectivity index (χ0v) is 9.91. The zero-order valence-electron chi connectivity index (χ0n) is 9.15. The van der Waals surface area contributed by atoms with Crippen LogP contribution in [0.4, 0.5) is 0 Å². The Morgan fingerprint density at radius 1 is 0.765 bits per heavy atom. The molecule has 0 bridgehead atoms. The molecule has 3 rings (SSSR count). The van der Waals surface area contributed by atoms with Crippen molar-refractivity contribution in [2.45, 2.75) is 0 Å². The van der Waals surface area contributed by atoms with Crippen molar-refractivity contribution in [1.82, 2.24) is 0 Å². The van der Waals surface area contributed by atoms with Crippen LogP contribution in [0.2, 0.25) is 5.02 Å². The number of rotatable bonds is 1. The van der Waals surface area contributed by atoms with Gasteiger partial charge in [-0.05, 0) is 16.3 Å². The van der Waals surface area contributed by atoms with Gasteiger partial charge in [0.2, 0.25) is 0 Å². The van der Waals surface area contributed by atoms with Gasteiger partial charge >= 0.3 is 0 Å². The van der Waals surface area contributed by atoms with E-state index < -0.39 is 0 Å². The Labute approximate surface area is 105 Å². The topological polar surface area (TPSA) is 0 Å². The van der Waals surface area contributed by atoms with Crippen LogP contribution in [0.15, 0.2) is 60.7 Å². The van der Waals surface area contributed by atoms with Crippen molar-refractivity contribution in [3.05, 3.63) is 71.8 Å². The van der Waals surface area contributed by atoms with Gasteiger partial charge in [-0.15, -0.1) is 0 Å². The molecule has 0 aliphatic carbocycles. The van der Waals surface area contributed by atoms with Crippen molar-refractivity contribution in [1.29, 1.82) is 0 Å². The molecule has 0 unspecified atom stereocenters. The van der Waals surface area contributed by atoms with Crippen molar-refractivity contribution in [3.8, 4) is 11.1 Å². The van der Waals surface area contributed by atoms with Crippen molar-refractivity contribution < 1.29 is 0 Å². The summed E-state index contributed by atoms with van der Waals surface area (Å²) in [5.74, 6) is 0. The molecule has 3 aromatic carbocycles. The average Bonchev–Trinajstić information content (AvgIpc) is 2.39. The van der Waals surface area contributed by atoms with E-state index in [1.807, 2.05) is 30.3 Å². The molecule has 0 heterocycles. The predicted molar refractivity (Wildman–Crippen MR) is 73.2 cm³/mol. The molecule has 0 fully saturated rings. The van der Waals surface area contributed by atoms with E-state index in [0.29, 0.717) is 5.02 Å². The maximum absolute atomic E-state index is 6.20. The molecule has 0 spiro atoms. The Kier molecular flexibility index (Phi) is 2.58. The van der Waals surface area contributed by atoms with E-state index in [-0.39, 0.29) is 0 Å². The van der Waals surface area contributed by atoms with Crippen LogP contribution in [0, 0.1) is 6.07 Å². The van der Waals surface area contributed by atoms with Crippen molar-refractivity contribution in [2.75, 3.05) is 0 Å². The minimum absolute atomic E-state index is 0.670. The Morgan fingerprint density at radius 2 is 1.53 bits per heavy atom. The van der Waals surface area contributed by atoms with Gasteiger partial charge in [-0.1, -0.05) is 72.3 Å². The second kappa shape index (κ2) is 4.23. The fourth-order valence-corrected chi connectivity index (χ4v) is 2.31. The summed E-state index contributed by atoms with van der Waals surface area (Å²) in [5.41, 5.74) is 2.19. The summed E-state index contributed by atoms with van der Waals surface area (Å²) in [5, 5.41) is 3.12. The van der Waals surface area contributed by atoms with Crippen molar-refractivity contribution >= 4 is 22.4 Å². The molecule has 17 heavy (non-hydrogen) atoms. The zero-order chi connectivity index (χ0) is 11.7. The smallest absolute Gasteiger partial charge is 0.0563 e. The number of hydrogen-bond donors (Lipinski definition) is 0. The Hall–Kier alpha value is -1.79. The van der Waals surface area contributed by atoms with Gasteiger partial charge in [0.05, 0.1) is 5.02 Å². The third-order valence-corrected chi connectivity index (χ3v) is 3.20. The highest BCUT2D eigenvalue weighted by Gasteiger charge is 2.06. The molecule has 81 valence electrons. The van der Waals surface area contributed by atoms with Crippen LogP contribution in [-0.2, 0) is 0 Å². The lowest BCUT2D eigenvalue weighted by Crippen LogP contribution is -1.82. The first kappa shape index (κ1) is 10.4. The summed E-state index contributed by atoms with van der Waals surface area (Å²) < 4.78 is 0. The quantitative estimate of drug-likeness (QED) is 0.561. The maximum Gasteiger partial charge on any atom is 0.0563 e. The Balaban J connectivity index is 2.35. The summed E-state index contributed by atoms with van der Waals surface area (Å²) >= 11 is 6.20. The molecule has 0 atom stereocenters. The average molecular weight is 238 g/mol. The molecule has 0 N–H and O–H groups in total. The number of halogens is 1. The van der Waals surface area contributed by atoms with E-state index in [9.17, 15) is 0 Å². The van der Waals surface area contributed by atoms with Gasteiger partial charge < -0.3 is 0 Å². The lowest BCUT2D eigenvalue weighted by atomic mass is 9.98. The Morgan fingerprint density at radius 3 is 2.41 bits per heavy atom. The number of hydrogen-bond acceptors (Lipinski definition) is 0. The highest BCUT2D eigenvalue weighted by atomic mass is 35.5. The first-order valence-electron chi connectivity index (χ1n) is 5.50. The summed E-state index contributed by atoms with van der Waals surface area (Å²) in [6, 6.07) is 23.4. The summed E-state index contributed by atoms with van der Waals surface area (Å²) in [7, 11) is 0. The minimum atomic E-state index is 0.670. The van der Waals surface area contributed by atoms with E-state index >= 15 is 0 Å². The molecule has 0 saturated carbocycles. The molecule has 1 heteroatoms. The van der Waals surface area contributed by atoms with Crippen molar-refractivity contribution in [2.24, 2.45) is 0 Å². The van der Waals surface area contributed by atoms with Crippen LogP contribution >= 0.6 is 11.6 Å². The van der Waals surface area contributed by atoms with Crippen LogP contribution < -0.4 is 0 Å². The first-order valence-corrected chi connectivity index (χ1v) is 5.88. The molecule has 0 aromatic heterocycles. The summed E-state index contributed by atoms with van der Waals surface area (Å²) in [4.78, 5) is 0. The van der Waals surface area contributed by atoms with E-state index in [2.05, 4.69) is 36.4 Å². The molecule has 0 saturated heterocycles. The van der Waals surface area contributed by atoms with Gasteiger partial charge in [0.1, 0.15) is 0 Å². The third kappa shape index (κ3) is 1.81. The fourth-order valence-electron chi connectivity index (χ4n) is 2.08. The highest BCUT2D eigenvalue weighted by Crippen LogP contribution is 2.32. The monoisotopic (exact) mass is 237 g/mol. The maximum atomic E-state index is 6.20. The van der Waals surface area contributed by atoms with Gasteiger partial charge in [0.25, 0.3) is 0 Å². The number of benzene rings is 3. The summed E-state index contributed by atoms with van der Waals surface area (Å²) in [6.45, 7) is 0. The van der Waals surface area contributed by atoms with Gasteiger partial charge in [-0.3, -0.25) is 0 Å². The van der Waals surface area contributed by atoms with Crippen LogP contribution in [0.3, 0.4) is 0 Å².